The fraction of sp³-hybridized carbons (Fsp3) is 0.500. The molecule has 0 atom stereocenters. The smallest absolute Gasteiger partial charge is 0.277 e. The molecule has 0 aromatic heterocycles. The van der Waals surface area contributed by atoms with Crippen molar-refractivity contribution < 1.29 is 18.2 Å². The average molecular weight is 317 g/mol. The van der Waals surface area contributed by atoms with Crippen LogP contribution in [0.25, 0.3) is 0 Å². The van der Waals surface area contributed by atoms with Gasteiger partial charge in [0.25, 0.3) is 5.69 Å². The van der Waals surface area contributed by atoms with Crippen molar-refractivity contribution in [3.05, 3.63) is 28.3 Å². The Morgan fingerprint density at radius 1 is 1.33 bits per heavy atom. The minimum Gasteiger partial charge on any atom is -0.277 e. The lowest BCUT2D eigenvalue weighted by Crippen LogP contribution is -2.40. The second-order valence-electron chi connectivity index (χ2n) is 5.44. The summed E-state index contributed by atoms with van der Waals surface area (Å²) in [4.78, 5) is 15.2. The fourth-order valence-electron chi connectivity index (χ4n) is 1.64. The summed E-state index contributed by atoms with van der Waals surface area (Å²) in [7, 11) is -0.990. The van der Waals surface area contributed by atoms with Gasteiger partial charge in [-0.2, -0.15) is 0 Å². The molecule has 0 spiro atoms. The Labute approximate surface area is 123 Å². The highest BCUT2D eigenvalue weighted by molar-refractivity contribution is 7.89. The van der Waals surface area contributed by atoms with Gasteiger partial charge < -0.3 is 0 Å². The molecule has 1 rings (SSSR count). The van der Waals surface area contributed by atoms with Crippen LogP contribution in [0.2, 0.25) is 0 Å². The van der Waals surface area contributed by atoms with E-state index in [9.17, 15) is 18.5 Å². The highest BCUT2D eigenvalue weighted by atomic mass is 32.2. The molecule has 1 aromatic carbocycles. The van der Waals surface area contributed by atoms with Gasteiger partial charge in [-0.25, -0.2) is 13.1 Å². The minimum absolute atomic E-state index is 0.164. The van der Waals surface area contributed by atoms with Gasteiger partial charge in [0.1, 0.15) is 5.69 Å². The van der Waals surface area contributed by atoms with Gasteiger partial charge in [0.2, 0.25) is 10.0 Å². The van der Waals surface area contributed by atoms with Crippen LogP contribution in [0.3, 0.4) is 0 Å². The molecule has 0 aliphatic carbocycles. The van der Waals surface area contributed by atoms with E-state index in [0.717, 1.165) is 6.07 Å². The number of nitrogens with zero attached hydrogens (tertiary/aromatic N) is 2. The Morgan fingerprint density at radius 2 is 1.90 bits per heavy atom. The third-order valence-electron chi connectivity index (χ3n) is 2.51. The Bertz CT molecular complexity index is 637. The standard InChI is InChI=1S/C12H19N3O5S/c1-12(2,3)13-21(18,19)9-6-7-10(14(4)20-5)11(8-9)15(16)17/h6-8,13H,1-5H3. The molecule has 0 saturated carbocycles. The predicted molar refractivity (Wildman–Crippen MR) is 78.6 cm³/mol. The number of nitro groups is 1. The largest absolute Gasteiger partial charge is 0.296 e. The van der Waals surface area contributed by atoms with Gasteiger partial charge in [0, 0.05) is 18.7 Å². The second-order valence-corrected chi connectivity index (χ2v) is 7.13. The van der Waals surface area contributed by atoms with Crippen molar-refractivity contribution >= 4 is 21.4 Å². The number of benzene rings is 1. The zero-order valence-electron chi connectivity index (χ0n) is 12.6. The first-order chi connectivity index (χ1) is 9.48. The molecule has 1 aromatic rings. The molecule has 0 saturated heterocycles. The maximum atomic E-state index is 12.2. The van der Waals surface area contributed by atoms with Gasteiger partial charge in [-0.3, -0.25) is 20.0 Å². The lowest BCUT2D eigenvalue weighted by atomic mass is 10.1. The summed E-state index contributed by atoms with van der Waals surface area (Å²) in [6.45, 7) is 5.06. The summed E-state index contributed by atoms with van der Waals surface area (Å²) < 4.78 is 26.8. The maximum absolute atomic E-state index is 12.2. The first kappa shape index (κ1) is 17.3. The van der Waals surface area contributed by atoms with Crippen LogP contribution in [0.15, 0.2) is 23.1 Å². The van der Waals surface area contributed by atoms with E-state index < -0.39 is 20.5 Å². The summed E-state index contributed by atoms with van der Waals surface area (Å²) >= 11 is 0. The second kappa shape index (κ2) is 5.96. The van der Waals surface area contributed by atoms with Crippen molar-refractivity contribution in [1.82, 2.24) is 4.72 Å². The molecule has 8 nitrogen and oxygen atoms in total. The van der Waals surface area contributed by atoms with Crippen molar-refractivity contribution in [1.29, 1.82) is 0 Å². The van der Waals surface area contributed by atoms with Gasteiger partial charge >= 0.3 is 0 Å². The molecule has 0 radical (unpaired) electrons. The molecule has 9 heteroatoms. The number of rotatable bonds is 5. The predicted octanol–water partition coefficient (Wildman–Crippen LogP) is 1.67. The van der Waals surface area contributed by atoms with Crippen molar-refractivity contribution in [3.8, 4) is 0 Å². The minimum atomic E-state index is -3.84. The van der Waals surface area contributed by atoms with Crippen molar-refractivity contribution in [2.75, 3.05) is 19.2 Å². The summed E-state index contributed by atoms with van der Waals surface area (Å²) in [5.74, 6) is 0. The number of hydrogen-bond acceptors (Lipinski definition) is 6. The molecular formula is C12H19N3O5S. The average Bonchev–Trinajstić information content (AvgIpc) is 2.34. The first-order valence-corrected chi connectivity index (χ1v) is 7.56. The molecule has 118 valence electrons. The van der Waals surface area contributed by atoms with Gasteiger partial charge in [0.05, 0.1) is 16.9 Å². The van der Waals surface area contributed by atoms with E-state index in [1.807, 2.05) is 0 Å². The Hall–Kier alpha value is -1.71. The summed E-state index contributed by atoms with van der Waals surface area (Å²) in [5.41, 5.74) is -0.872. The molecule has 0 aliphatic heterocycles. The number of hydroxylamine groups is 1. The van der Waals surface area contributed by atoms with Crippen LogP contribution in [-0.4, -0.2) is 33.0 Å². The van der Waals surface area contributed by atoms with E-state index in [1.165, 1.54) is 31.4 Å². The van der Waals surface area contributed by atoms with Crippen LogP contribution < -0.4 is 9.79 Å². The maximum Gasteiger partial charge on any atom is 0.296 e. The Kier molecular flexibility index (Phi) is 4.92. The monoisotopic (exact) mass is 317 g/mol. The topological polar surface area (TPSA) is 102 Å². The third-order valence-corrected chi connectivity index (χ3v) is 4.26. The normalized spacial score (nSPS) is 12.2. The van der Waals surface area contributed by atoms with Crippen LogP contribution in [0.1, 0.15) is 20.8 Å². The van der Waals surface area contributed by atoms with E-state index >= 15 is 0 Å². The number of nitrogens with one attached hydrogen (secondary N) is 1. The van der Waals surface area contributed by atoms with Crippen LogP contribution in [0.4, 0.5) is 11.4 Å². The molecule has 0 fully saturated rings. The van der Waals surface area contributed by atoms with E-state index in [-0.39, 0.29) is 16.3 Å². The molecule has 21 heavy (non-hydrogen) atoms. The van der Waals surface area contributed by atoms with Gasteiger partial charge in [-0.05, 0) is 32.9 Å². The quantitative estimate of drug-likeness (QED) is 0.654. The molecule has 0 heterocycles. The number of hydrogen-bond donors (Lipinski definition) is 1. The fourth-order valence-corrected chi connectivity index (χ4v) is 3.08. The lowest BCUT2D eigenvalue weighted by Gasteiger charge is -2.21. The molecule has 0 bridgehead atoms. The molecule has 0 aliphatic rings. The van der Waals surface area contributed by atoms with E-state index in [0.29, 0.717) is 0 Å². The SMILES string of the molecule is CON(C)c1ccc(S(=O)(=O)NC(C)(C)C)cc1[N+](=O)[O-]. The van der Waals surface area contributed by atoms with Gasteiger partial charge in [0.15, 0.2) is 0 Å². The van der Waals surface area contributed by atoms with Gasteiger partial charge in [-0.1, -0.05) is 0 Å². The van der Waals surface area contributed by atoms with Crippen molar-refractivity contribution in [2.24, 2.45) is 0 Å². The van der Waals surface area contributed by atoms with Gasteiger partial charge in [-0.15, -0.1) is 0 Å². The van der Waals surface area contributed by atoms with E-state index in [2.05, 4.69) is 4.72 Å². The summed E-state index contributed by atoms with van der Waals surface area (Å²) in [6, 6.07) is 3.64. The Morgan fingerprint density at radius 3 is 2.33 bits per heavy atom. The molecule has 0 amide bonds. The highest BCUT2D eigenvalue weighted by Crippen LogP contribution is 2.30. The number of nitro benzene ring substituents is 1. The molecule has 1 N–H and O–H groups in total. The van der Waals surface area contributed by atoms with Crippen LogP contribution in [-0.2, 0) is 14.9 Å². The Balaban J connectivity index is 3.36. The van der Waals surface area contributed by atoms with E-state index in [1.54, 1.807) is 20.8 Å². The molecule has 0 unspecified atom stereocenters. The highest BCUT2D eigenvalue weighted by Gasteiger charge is 2.26. The summed E-state index contributed by atoms with van der Waals surface area (Å²) in [6.07, 6.45) is 0. The molecular weight excluding hydrogens is 298 g/mol. The third kappa shape index (κ3) is 4.38. The van der Waals surface area contributed by atoms with Crippen molar-refractivity contribution in [2.45, 2.75) is 31.2 Å². The van der Waals surface area contributed by atoms with Crippen LogP contribution >= 0.6 is 0 Å². The van der Waals surface area contributed by atoms with Crippen LogP contribution in [0, 0.1) is 10.1 Å². The zero-order valence-corrected chi connectivity index (χ0v) is 13.4. The van der Waals surface area contributed by atoms with Crippen molar-refractivity contribution in [3.63, 3.8) is 0 Å². The van der Waals surface area contributed by atoms with E-state index in [4.69, 9.17) is 4.84 Å². The summed E-state index contributed by atoms with van der Waals surface area (Å²) in [5, 5.41) is 12.3. The lowest BCUT2D eigenvalue weighted by molar-refractivity contribution is -0.384. The first-order valence-electron chi connectivity index (χ1n) is 6.08. The number of anilines is 1. The van der Waals surface area contributed by atoms with Crippen LogP contribution in [0.5, 0.6) is 0 Å². The zero-order chi connectivity index (χ0) is 16.4. The number of sulfonamides is 1.